The second-order valence-corrected chi connectivity index (χ2v) is 5.85. The van der Waals surface area contributed by atoms with Gasteiger partial charge in [0.05, 0.1) is 11.2 Å². The van der Waals surface area contributed by atoms with Gasteiger partial charge >= 0.3 is 0 Å². The average molecular weight is 331 g/mol. The van der Waals surface area contributed by atoms with Crippen LogP contribution in [0.3, 0.4) is 0 Å². The third kappa shape index (κ3) is 2.53. The monoisotopic (exact) mass is 331 g/mol. The number of pyridine rings is 1. The van der Waals surface area contributed by atoms with Crippen LogP contribution in [0, 0.1) is 5.82 Å². The number of hydrogen-bond donors (Lipinski definition) is 0. The van der Waals surface area contributed by atoms with Gasteiger partial charge in [-0.25, -0.2) is 18.7 Å². The lowest BCUT2D eigenvalue weighted by molar-refractivity contribution is 0.265. The summed E-state index contributed by atoms with van der Waals surface area (Å²) in [4.78, 5) is 10.5. The molecular formula is C16H11F2N3OS. The van der Waals surface area contributed by atoms with Gasteiger partial charge in [0.25, 0.3) is 0 Å². The molecule has 1 aromatic carbocycles. The molecule has 4 rings (SSSR count). The molecule has 0 aliphatic rings. The highest BCUT2D eigenvalue weighted by Gasteiger charge is 2.12. The third-order valence-electron chi connectivity index (χ3n) is 3.40. The van der Waals surface area contributed by atoms with Gasteiger partial charge in [-0.15, -0.1) is 0 Å². The van der Waals surface area contributed by atoms with Crippen molar-refractivity contribution in [1.82, 2.24) is 14.4 Å². The van der Waals surface area contributed by atoms with Crippen LogP contribution < -0.4 is 4.74 Å². The fourth-order valence-corrected chi connectivity index (χ4v) is 3.33. The van der Waals surface area contributed by atoms with Gasteiger partial charge in [0.1, 0.15) is 23.9 Å². The Hall–Kier alpha value is -2.54. The number of imidazole rings is 1. The average Bonchev–Trinajstić information content (AvgIpc) is 3.10. The quantitative estimate of drug-likeness (QED) is 0.565. The predicted octanol–water partition coefficient (Wildman–Crippen LogP) is 4.10. The van der Waals surface area contributed by atoms with E-state index in [9.17, 15) is 8.78 Å². The highest BCUT2D eigenvalue weighted by Crippen LogP contribution is 2.29. The van der Waals surface area contributed by atoms with E-state index in [1.807, 2.05) is 16.7 Å². The van der Waals surface area contributed by atoms with Crippen molar-refractivity contribution in [3.8, 4) is 17.1 Å². The maximum atomic E-state index is 13.0. The van der Waals surface area contributed by atoms with Gasteiger partial charge in [0.2, 0.25) is 5.88 Å². The standard InChI is InChI=1S/C16H11F2N3OS/c17-7-8-22-14-6-5-13-15(20-14)23-16-19-12(9-21(13)16)10-1-3-11(18)4-2-10/h1-6,9H,7-8H2. The van der Waals surface area contributed by atoms with E-state index in [1.165, 1.54) is 23.5 Å². The molecule has 0 amide bonds. The number of halogens is 2. The van der Waals surface area contributed by atoms with Gasteiger partial charge in [0.15, 0.2) is 4.96 Å². The largest absolute Gasteiger partial charge is 0.475 e. The molecule has 0 spiro atoms. The Morgan fingerprint density at radius 3 is 2.70 bits per heavy atom. The summed E-state index contributed by atoms with van der Waals surface area (Å²) in [5.41, 5.74) is 2.53. The number of aromatic nitrogens is 3. The predicted molar refractivity (Wildman–Crippen MR) is 85.2 cm³/mol. The molecule has 0 fully saturated rings. The highest BCUT2D eigenvalue weighted by molar-refractivity contribution is 7.23. The number of alkyl halides is 1. The molecule has 116 valence electrons. The van der Waals surface area contributed by atoms with Crippen molar-refractivity contribution < 1.29 is 13.5 Å². The maximum Gasteiger partial charge on any atom is 0.214 e. The van der Waals surface area contributed by atoms with Crippen LogP contribution in [0.2, 0.25) is 0 Å². The van der Waals surface area contributed by atoms with Crippen LogP contribution in [0.1, 0.15) is 0 Å². The summed E-state index contributed by atoms with van der Waals surface area (Å²) in [5, 5.41) is 0. The first-order valence-corrected chi connectivity index (χ1v) is 7.79. The van der Waals surface area contributed by atoms with Crippen molar-refractivity contribution in [3.63, 3.8) is 0 Å². The van der Waals surface area contributed by atoms with Gasteiger partial charge in [-0.05, 0) is 30.3 Å². The van der Waals surface area contributed by atoms with Crippen LogP contribution >= 0.6 is 11.3 Å². The smallest absolute Gasteiger partial charge is 0.214 e. The lowest BCUT2D eigenvalue weighted by atomic mass is 10.2. The van der Waals surface area contributed by atoms with E-state index >= 15 is 0 Å². The summed E-state index contributed by atoms with van der Waals surface area (Å²) in [7, 11) is 0. The van der Waals surface area contributed by atoms with E-state index in [2.05, 4.69) is 9.97 Å². The van der Waals surface area contributed by atoms with E-state index in [0.29, 0.717) is 5.88 Å². The minimum atomic E-state index is -0.547. The molecule has 0 unspecified atom stereocenters. The number of rotatable bonds is 4. The number of thiazole rings is 1. The van der Waals surface area contributed by atoms with E-state index in [4.69, 9.17) is 4.74 Å². The zero-order valence-corrected chi connectivity index (χ0v) is 12.7. The van der Waals surface area contributed by atoms with Crippen molar-refractivity contribution in [3.05, 3.63) is 48.4 Å². The van der Waals surface area contributed by atoms with Crippen molar-refractivity contribution in [2.75, 3.05) is 13.3 Å². The fraction of sp³-hybridized carbons (Fsp3) is 0.125. The van der Waals surface area contributed by atoms with Crippen LogP contribution in [-0.4, -0.2) is 27.7 Å². The lowest BCUT2D eigenvalue weighted by Crippen LogP contribution is -1.99. The Labute approximate surface area is 134 Å². The van der Waals surface area contributed by atoms with Gasteiger partial charge < -0.3 is 4.74 Å². The normalized spacial score (nSPS) is 11.4. The first kappa shape index (κ1) is 14.1. The summed E-state index contributed by atoms with van der Waals surface area (Å²) in [6.07, 6.45) is 1.89. The van der Waals surface area contributed by atoms with E-state index < -0.39 is 6.67 Å². The Bertz CT molecular complexity index is 978. The number of hydrogen-bond acceptors (Lipinski definition) is 4. The van der Waals surface area contributed by atoms with Crippen LogP contribution in [-0.2, 0) is 0 Å². The van der Waals surface area contributed by atoms with Crippen molar-refractivity contribution in [2.24, 2.45) is 0 Å². The topological polar surface area (TPSA) is 39.4 Å². The fourth-order valence-electron chi connectivity index (χ4n) is 2.35. The number of fused-ring (bicyclic) bond motifs is 3. The first-order valence-electron chi connectivity index (χ1n) is 6.98. The van der Waals surface area contributed by atoms with Crippen molar-refractivity contribution in [2.45, 2.75) is 0 Å². The summed E-state index contributed by atoms with van der Waals surface area (Å²) in [5.74, 6) is 0.128. The van der Waals surface area contributed by atoms with Crippen LogP contribution in [0.15, 0.2) is 42.6 Å². The van der Waals surface area contributed by atoms with Gasteiger partial charge in [-0.3, -0.25) is 4.40 Å². The van der Waals surface area contributed by atoms with Crippen LogP contribution in [0.25, 0.3) is 26.6 Å². The first-order chi connectivity index (χ1) is 11.2. The Balaban J connectivity index is 1.76. The highest BCUT2D eigenvalue weighted by atomic mass is 32.1. The summed E-state index contributed by atoms with van der Waals surface area (Å²) in [6, 6.07) is 9.81. The van der Waals surface area contributed by atoms with Gasteiger partial charge in [0, 0.05) is 17.8 Å². The Kier molecular flexibility index (Phi) is 3.42. The zero-order chi connectivity index (χ0) is 15.8. The molecule has 0 N–H and O–H groups in total. The molecule has 0 aliphatic heterocycles. The van der Waals surface area contributed by atoms with Crippen LogP contribution in [0.4, 0.5) is 8.78 Å². The zero-order valence-electron chi connectivity index (χ0n) is 11.9. The third-order valence-corrected chi connectivity index (χ3v) is 4.37. The summed E-state index contributed by atoms with van der Waals surface area (Å²) >= 11 is 1.42. The molecular weight excluding hydrogens is 320 g/mol. The molecule has 3 aromatic heterocycles. The lowest BCUT2D eigenvalue weighted by Gasteiger charge is -2.01. The molecule has 23 heavy (non-hydrogen) atoms. The molecule has 0 saturated heterocycles. The molecule has 0 radical (unpaired) electrons. The van der Waals surface area contributed by atoms with E-state index in [0.717, 1.165) is 26.6 Å². The Morgan fingerprint density at radius 2 is 1.91 bits per heavy atom. The van der Waals surface area contributed by atoms with Crippen molar-refractivity contribution in [1.29, 1.82) is 0 Å². The van der Waals surface area contributed by atoms with Gasteiger partial charge in [-0.2, -0.15) is 0 Å². The maximum absolute atomic E-state index is 13.0. The molecule has 0 aliphatic carbocycles. The van der Waals surface area contributed by atoms with Gasteiger partial charge in [-0.1, -0.05) is 11.3 Å². The second kappa shape index (κ2) is 5.58. The SMILES string of the molecule is FCCOc1ccc2c(n1)sc1nc(-c3ccc(F)cc3)cn12. The number of nitrogens with zero attached hydrogens (tertiary/aromatic N) is 3. The Morgan fingerprint density at radius 1 is 1.09 bits per heavy atom. The minimum Gasteiger partial charge on any atom is -0.475 e. The molecule has 4 aromatic rings. The van der Waals surface area contributed by atoms with Crippen molar-refractivity contribution >= 4 is 26.6 Å². The molecule has 0 bridgehead atoms. The molecule has 3 heterocycles. The van der Waals surface area contributed by atoms with Crippen LogP contribution in [0.5, 0.6) is 5.88 Å². The molecule has 4 nitrogen and oxygen atoms in total. The summed E-state index contributed by atoms with van der Waals surface area (Å²) in [6.45, 7) is -0.551. The number of ether oxygens (including phenoxy) is 1. The number of benzene rings is 1. The van der Waals surface area contributed by atoms with E-state index in [-0.39, 0.29) is 12.4 Å². The molecule has 7 heteroatoms. The summed E-state index contributed by atoms with van der Waals surface area (Å²) < 4.78 is 32.3. The molecule has 0 saturated carbocycles. The minimum absolute atomic E-state index is 0.00423. The van der Waals surface area contributed by atoms with E-state index in [1.54, 1.807) is 18.2 Å². The molecule has 0 atom stereocenters. The second-order valence-electron chi connectivity index (χ2n) is 4.90.